The average Bonchev–Trinajstić information content (AvgIpc) is 2.46. The standard InChI is InChI=1S/C15H31N3O2/c1-4-6-7-9-12-17-15(16-5-2)18-13-10-8-11-14(19)20-3/h4-13H2,1-3H3,(H2,16,17,18). The highest BCUT2D eigenvalue weighted by atomic mass is 16.5. The summed E-state index contributed by atoms with van der Waals surface area (Å²) in [6, 6.07) is 0. The van der Waals surface area contributed by atoms with Gasteiger partial charge in [0.2, 0.25) is 0 Å². The molecule has 20 heavy (non-hydrogen) atoms. The number of aliphatic imine (C=N–C) groups is 1. The summed E-state index contributed by atoms with van der Waals surface area (Å²) in [5.41, 5.74) is 0. The Morgan fingerprint density at radius 2 is 1.85 bits per heavy atom. The Morgan fingerprint density at radius 3 is 2.50 bits per heavy atom. The number of rotatable bonds is 11. The highest BCUT2D eigenvalue weighted by molar-refractivity contribution is 5.79. The fraction of sp³-hybridized carbons (Fsp3) is 0.867. The van der Waals surface area contributed by atoms with E-state index in [2.05, 4.69) is 34.2 Å². The molecule has 0 saturated carbocycles. The molecule has 0 heterocycles. The molecule has 0 aromatic rings. The number of hydrogen-bond acceptors (Lipinski definition) is 3. The maximum absolute atomic E-state index is 11.0. The minimum absolute atomic E-state index is 0.138. The van der Waals surface area contributed by atoms with Crippen LogP contribution in [0.25, 0.3) is 0 Å². The lowest BCUT2D eigenvalue weighted by Crippen LogP contribution is -2.37. The molecule has 0 rings (SSSR count). The van der Waals surface area contributed by atoms with Gasteiger partial charge in [0.15, 0.2) is 5.96 Å². The van der Waals surface area contributed by atoms with E-state index in [-0.39, 0.29) is 5.97 Å². The van der Waals surface area contributed by atoms with Crippen LogP contribution in [-0.2, 0) is 9.53 Å². The Labute approximate surface area is 123 Å². The van der Waals surface area contributed by atoms with Crippen molar-refractivity contribution in [1.82, 2.24) is 10.6 Å². The molecular weight excluding hydrogens is 254 g/mol. The van der Waals surface area contributed by atoms with Gasteiger partial charge in [-0.15, -0.1) is 0 Å². The topological polar surface area (TPSA) is 62.7 Å². The Kier molecular flexibility index (Phi) is 13.3. The van der Waals surface area contributed by atoms with Crippen LogP contribution in [0.2, 0.25) is 0 Å². The van der Waals surface area contributed by atoms with E-state index in [4.69, 9.17) is 0 Å². The number of unbranched alkanes of at least 4 members (excludes halogenated alkanes) is 4. The fourth-order valence-electron chi connectivity index (χ4n) is 1.77. The summed E-state index contributed by atoms with van der Waals surface area (Å²) in [6.45, 7) is 6.84. The molecule has 0 aromatic carbocycles. The van der Waals surface area contributed by atoms with Crippen molar-refractivity contribution in [2.45, 2.75) is 58.8 Å². The van der Waals surface area contributed by atoms with E-state index in [9.17, 15) is 4.79 Å². The van der Waals surface area contributed by atoms with Gasteiger partial charge < -0.3 is 15.4 Å². The number of ether oxygens (including phenoxy) is 1. The first kappa shape index (κ1) is 18.7. The van der Waals surface area contributed by atoms with Crippen molar-refractivity contribution in [3.05, 3.63) is 0 Å². The van der Waals surface area contributed by atoms with Gasteiger partial charge in [-0.25, -0.2) is 0 Å². The molecule has 5 nitrogen and oxygen atoms in total. The zero-order chi connectivity index (χ0) is 15.1. The Morgan fingerprint density at radius 1 is 1.05 bits per heavy atom. The third-order valence-corrected chi connectivity index (χ3v) is 2.95. The van der Waals surface area contributed by atoms with E-state index in [1.807, 2.05) is 0 Å². The molecule has 0 aliphatic rings. The van der Waals surface area contributed by atoms with Crippen LogP contribution in [0, 0.1) is 0 Å². The van der Waals surface area contributed by atoms with E-state index in [1.165, 1.54) is 26.4 Å². The molecule has 2 N–H and O–H groups in total. The van der Waals surface area contributed by atoms with Gasteiger partial charge in [0, 0.05) is 26.1 Å². The summed E-state index contributed by atoms with van der Waals surface area (Å²) in [4.78, 5) is 15.5. The molecule has 0 atom stereocenters. The number of nitrogens with zero attached hydrogens (tertiary/aromatic N) is 1. The second-order valence-electron chi connectivity index (χ2n) is 4.78. The van der Waals surface area contributed by atoms with Gasteiger partial charge in [-0.05, 0) is 26.2 Å². The molecule has 5 heteroatoms. The number of carbonyl (C=O) groups is 1. The van der Waals surface area contributed by atoms with Crippen LogP contribution in [0.15, 0.2) is 4.99 Å². The van der Waals surface area contributed by atoms with Crippen molar-refractivity contribution in [2.24, 2.45) is 4.99 Å². The second-order valence-corrected chi connectivity index (χ2v) is 4.78. The zero-order valence-electron chi connectivity index (χ0n) is 13.3. The van der Waals surface area contributed by atoms with Gasteiger partial charge in [-0.3, -0.25) is 9.79 Å². The van der Waals surface area contributed by atoms with Crippen molar-refractivity contribution in [2.75, 3.05) is 26.7 Å². The van der Waals surface area contributed by atoms with Crippen molar-refractivity contribution in [1.29, 1.82) is 0 Å². The highest BCUT2D eigenvalue weighted by Crippen LogP contribution is 1.99. The molecule has 118 valence electrons. The minimum atomic E-state index is -0.138. The lowest BCUT2D eigenvalue weighted by atomic mass is 10.2. The minimum Gasteiger partial charge on any atom is -0.469 e. The zero-order valence-corrected chi connectivity index (χ0v) is 13.3. The molecule has 0 fully saturated rings. The summed E-state index contributed by atoms with van der Waals surface area (Å²) >= 11 is 0. The number of hydrogen-bond donors (Lipinski definition) is 2. The lowest BCUT2D eigenvalue weighted by molar-refractivity contribution is -0.140. The van der Waals surface area contributed by atoms with Gasteiger partial charge in [-0.1, -0.05) is 26.2 Å². The molecular formula is C15H31N3O2. The molecule has 0 aliphatic carbocycles. The lowest BCUT2D eigenvalue weighted by Gasteiger charge is -2.11. The van der Waals surface area contributed by atoms with Crippen molar-refractivity contribution >= 4 is 11.9 Å². The van der Waals surface area contributed by atoms with Crippen LogP contribution in [0.4, 0.5) is 0 Å². The Hall–Kier alpha value is -1.26. The van der Waals surface area contributed by atoms with Crippen molar-refractivity contribution < 1.29 is 9.53 Å². The first-order chi connectivity index (χ1) is 9.74. The molecule has 0 amide bonds. The predicted octanol–water partition coefficient (Wildman–Crippen LogP) is 2.47. The van der Waals surface area contributed by atoms with E-state index in [0.717, 1.165) is 44.9 Å². The van der Waals surface area contributed by atoms with Crippen molar-refractivity contribution in [3.8, 4) is 0 Å². The van der Waals surface area contributed by atoms with E-state index >= 15 is 0 Å². The monoisotopic (exact) mass is 285 g/mol. The molecule has 0 aromatic heterocycles. The summed E-state index contributed by atoms with van der Waals surface area (Å²) in [6.07, 6.45) is 7.20. The molecule has 0 aliphatic heterocycles. The number of nitrogens with one attached hydrogen (secondary N) is 2. The molecule has 0 saturated heterocycles. The maximum atomic E-state index is 11.0. The molecule has 0 bridgehead atoms. The number of guanidine groups is 1. The Balaban J connectivity index is 3.72. The normalized spacial score (nSPS) is 11.2. The van der Waals surface area contributed by atoms with Crippen LogP contribution in [0.3, 0.4) is 0 Å². The van der Waals surface area contributed by atoms with E-state index in [1.54, 1.807) is 0 Å². The summed E-state index contributed by atoms with van der Waals surface area (Å²) in [5.74, 6) is 0.739. The predicted molar refractivity (Wildman–Crippen MR) is 84.0 cm³/mol. The summed E-state index contributed by atoms with van der Waals surface area (Å²) in [5, 5.41) is 6.52. The van der Waals surface area contributed by atoms with Gasteiger partial charge >= 0.3 is 5.97 Å². The third-order valence-electron chi connectivity index (χ3n) is 2.95. The average molecular weight is 285 g/mol. The third kappa shape index (κ3) is 11.8. The van der Waals surface area contributed by atoms with Crippen LogP contribution >= 0.6 is 0 Å². The first-order valence-electron chi connectivity index (χ1n) is 7.83. The highest BCUT2D eigenvalue weighted by Gasteiger charge is 2.00. The Bertz CT molecular complexity index is 268. The fourth-order valence-corrected chi connectivity index (χ4v) is 1.77. The number of carbonyl (C=O) groups excluding carboxylic acids is 1. The van der Waals surface area contributed by atoms with Gasteiger partial charge in [-0.2, -0.15) is 0 Å². The number of esters is 1. The van der Waals surface area contributed by atoms with Crippen molar-refractivity contribution in [3.63, 3.8) is 0 Å². The number of methoxy groups -OCH3 is 1. The first-order valence-corrected chi connectivity index (χ1v) is 7.83. The van der Waals surface area contributed by atoms with Crippen LogP contribution in [0.5, 0.6) is 0 Å². The molecule has 0 unspecified atom stereocenters. The summed E-state index contributed by atoms with van der Waals surface area (Å²) in [7, 11) is 1.43. The van der Waals surface area contributed by atoms with Gasteiger partial charge in [0.1, 0.15) is 0 Å². The SMILES string of the molecule is CCCCCCN=C(NCC)NCCCCC(=O)OC. The van der Waals surface area contributed by atoms with Gasteiger partial charge in [0.25, 0.3) is 0 Å². The summed E-state index contributed by atoms with van der Waals surface area (Å²) < 4.78 is 4.61. The van der Waals surface area contributed by atoms with E-state index in [0.29, 0.717) is 6.42 Å². The smallest absolute Gasteiger partial charge is 0.305 e. The quantitative estimate of drug-likeness (QED) is 0.265. The van der Waals surface area contributed by atoms with E-state index < -0.39 is 0 Å². The van der Waals surface area contributed by atoms with Gasteiger partial charge in [0.05, 0.1) is 7.11 Å². The molecule has 0 radical (unpaired) electrons. The molecule has 0 spiro atoms. The second kappa shape index (κ2) is 14.2. The maximum Gasteiger partial charge on any atom is 0.305 e. The van der Waals surface area contributed by atoms with Crippen LogP contribution in [0.1, 0.15) is 58.8 Å². The van der Waals surface area contributed by atoms with Crippen LogP contribution in [-0.4, -0.2) is 38.7 Å². The largest absolute Gasteiger partial charge is 0.469 e. The van der Waals surface area contributed by atoms with Crippen LogP contribution < -0.4 is 10.6 Å².